The fraction of sp³-hybridized carbons (Fsp3) is 0.571. The van der Waals surface area contributed by atoms with Crippen molar-refractivity contribution in [3.63, 3.8) is 0 Å². The Bertz CT molecular complexity index is 414. The summed E-state index contributed by atoms with van der Waals surface area (Å²) in [6, 6.07) is 6.06. The molecule has 1 aromatic carbocycles. The maximum absolute atomic E-state index is 9.49. The topological polar surface area (TPSA) is 46.9 Å². The highest BCUT2D eigenvalue weighted by molar-refractivity contribution is 9.10. The van der Waals surface area contributed by atoms with Gasteiger partial charge in [0.05, 0.1) is 13.2 Å². The number of rotatable bonds is 4. The van der Waals surface area contributed by atoms with Crippen molar-refractivity contribution < 1.29 is 10.2 Å². The molecule has 0 radical (unpaired) electrons. The molecule has 0 bridgehead atoms. The molecular weight excluding hydrogens is 308 g/mol. The van der Waals surface area contributed by atoms with Gasteiger partial charge in [-0.3, -0.25) is 4.90 Å². The predicted molar refractivity (Wildman–Crippen MR) is 80.4 cm³/mol. The van der Waals surface area contributed by atoms with Crippen LogP contribution in [0, 0.1) is 0 Å². The van der Waals surface area contributed by atoms with Crippen LogP contribution in [-0.2, 0) is 6.61 Å². The molecular formula is C14H21BrN2O2. The van der Waals surface area contributed by atoms with Crippen LogP contribution in [0.3, 0.4) is 0 Å². The van der Waals surface area contributed by atoms with Gasteiger partial charge in [-0.15, -0.1) is 0 Å². The van der Waals surface area contributed by atoms with Crippen molar-refractivity contribution in [2.24, 2.45) is 0 Å². The van der Waals surface area contributed by atoms with Crippen LogP contribution in [0.25, 0.3) is 0 Å². The minimum Gasteiger partial charge on any atom is -0.395 e. The van der Waals surface area contributed by atoms with E-state index in [1.165, 1.54) is 0 Å². The van der Waals surface area contributed by atoms with Crippen LogP contribution in [-0.4, -0.2) is 54.4 Å². The van der Waals surface area contributed by atoms with Gasteiger partial charge in [0.15, 0.2) is 0 Å². The zero-order chi connectivity index (χ0) is 13.7. The van der Waals surface area contributed by atoms with Gasteiger partial charge in [0, 0.05) is 41.9 Å². The second-order valence-electron chi connectivity index (χ2n) is 4.84. The SMILES string of the molecule is OCCN1CCCN(c2ccc(Br)cc2CO)CC1. The summed E-state index contributed by atoms with van der Waals surface area (Å²) >= 11 is 3.44. The molecule has 1 fully saturated rings. The number of β-amino-alcohol motifs (C(OH)–C–C–N with tert-alkyl or cyclic N) is 1. The van der Waals surface area contributed by atoms with Gasteiger partial charge in [0.1, 0.15) is 0 Å². The largest absolute Gasteiger partial charge is 0.395 e. The van der Waals surface area contributed by atoms with E-state index in [0.717, 1.165) is 54.9 Å². The van der Waals surface area contributed by atoms with E-state index in [9.17, 15) is 5.11 Å². The van der Waals surface area contributed by atoms with E-state index >= 15 is 0 Å². The zero-order valence-corrected chi connectivity index (χ0v) is 12.6. The van der Waals surface area contributed by atoms with Crippen molar-refractivity contribution in [3.05, 3.63) is 28.2 Å². The highest BCUT2D eigenvalue weighted by Gasteiger charge is 2.16. The summed E-state index contributed by atoms with van der Waals surface area (Å²) < 4.78 is 0.997. The predicted octanol–water partition coefficient (Wildman–Crippen LogP) is 1.45. The van der Waals surface area contributed by atoms with Gasteiger partial charge in [-0.05, 0) is 31.2 Å². The number of hydrogen-bond donors (Lipinski definition) is 2. The normalized spacial score (nSPS) is 17.5. The molecule has 0 saturated carbocycles. The fourth-order valence-corrected chi connectivity index (χ4v) is 2.97. The van der Waals surface area contributed by atoms with Gasteiger partial charge in [-0.1, -0.05) is 15.9 Å². The van der Waals surface area contributed by atoms with E-state index in [4.69, 9.17) is 5.11 Å². The Balaban J connectivity index is 2.09. The maximum Gasteiger partial charge on any atom is 0.0702 e. The number of hydrogen-bond acceptors (Lipinski definition) is 4. The van der Waals surface area contributed by atoms with Gasteiger partial charge in [-0.25, -0.2) is 0 Å². The Morgan fingerprint density at radius 3 is 2.68 bits per heavy atom. The van der Waals surface area contributed by atoms with Crippen LogP contribution in [0.2, 0.25) is 0 Å². The number of benzene rings is 1. The molecule has 106 valence electrons. The second kappa shape index (κ2) is 7.24. The molecule has 0 amide bonds. The average Bonchev–Trinajstić information content (AvgIpc) is 2.65. The van der Waals surface area contributed by atoms with Crippen molar-refractivity contribution in [1.29, 1.82) is 0 Å². The zero-order valence-electron chi connectivity index (χ0n) is 11.1. The van der Waals surface area contributed by atoms with E-state index in [-0.39, 0.29) is 13.2 Å². The molecule has 1 aliphatic heterocycles. The van der Waals surface area contributed by atoms with Gasteiger partial charge in [-0.2, -0.15) is 0 Å². The lowest BCUT2D eigenvalue weighted by Gasteiger charge is -2.25. The molecule has 0 unspecified atom stereocenters. The molecule has 2 N–H and O–H groups in total. The number of halogens is 1. The first-order chi connectivity index (χ1) is 9.24. The number of aliphatic hydroxyl groups excluding tert-OH is 2. The lowest BCUT2D eigenvalue weighted by atomic mass is 10.1. The Morgan fingerprint density at radius 1 is 1.11 bits per heavy atom. The van der Waals surface area contributed by atoms with Gasteiger partial charge < -0.3 is 15.1 Å². The van der Waals surface area contributed by atoms with Gasteiger partial charge in [0.2, 0.25) is 0 Å². The van der Waals surface area contributed by atoms with Crippen molar-refractivity contribution in [2.75, 3.05) is 44.2 Å². The Hall–Kier alpha value is -0.620. The highest BCUT2D eigenvalue weighted by Crippen LogP contribution is 2.25. The maximum atomic E-state index is 9.49. The molecule has 0 atom stereocenters. The van der Waals surface area contributed by atoms with Crippen molar-refractivity contribution >= 4 is 21.6 Å². The summed E-state index contributed by atoms with van der Waals surface area (Å²) in [4.78, 5) is 4.62. The molecule has 5 heteroatoms. The van der Waals surface area contributed by atoms with Crippen LogP contribution in [0.15, 0.2) is 22.7 Å². The highest BCUT2D eigenvalue weighted by atomic mass is 79.9. The summed E-state index contributed by atoms with van der Waals surface area (Å²) in [5.74, 6) is 0. The van der Waals surface area contributed by atoms with E-state index in [0.29, 0.717) is 0 Å². The molecule has 0 aromatic heterocycles. The third kappa shape index (κ3) is 3.92. The molecule has 1 aromatic rings. The Labute approximate surface area is 122 Å². The second-order valence-corrected chi connectivity index (χ2v) is 5.75. The molecule has 1 saturated heterocycles. The first-order valence-electron chi connectivity index (χ1n) is 6.72. The van der Waals surface area contributed by atoms with Gasteiger partial charge in [0.25, 0.3) is 0 Å². The van der Waals surface area contributed by atoms with E-state index in [1.54, 1.807) is 0 Å². The van der Waals surface area contributed by atoms with Crippen LogP contribution in [0.1, 0.15) is 12.0 Å². The number of anilines is 1. The van der Waals surface area contributed by atoms with E-state index in [2.05, 4.69) is 31.8 Å². The molecule has 1 heterocycles. The van der Waals surface area contributed by atoms with Crippen LogP contribution in [0.4, 0.5) is 5.69 Å². The summed E-state index contributed by atoms with van der Waals surface area (Å²) in [6.07, 6.45) is 1.08. The van der Waals surface area contributed by atoms with Crippen molar-refractivity contribution in [1.82, 2.24) is 4.90 Å². The summed E-state index contributed by atoms with van der Waals surface area (Å²) in [6.45, 7) is 4.96. The Kier molecular flexibility index (Phi) is 5.63. The molecule has 0 aliphatic carbocycles. The van der Waals surface area contributed by atoms with Gasteiger partial charge >= 0.3 is 0 Å². The molecule has 2 rings (SSSR count). The smallest absolute Gasteiger partial charge is 0.0702 e. The molecule has 0 spiro atoms. The van der Waals surface area contributed by atoms with Crippen molar-refractivity contribution in [3.8, 4) is 0 Å². The molecule has 4 nitrogen and oxygen atoms in total. The van der Waals surface area contributed by atoms with E-state index in [1.807, 2.05) is 12.1 Å². The lowest BCUT2D eigenvalue weighted by molar-refractivity contribution is 0.204. The average molecular weight is 329 g/mol. The first-order valence-corrected chi connectivity index (χ1v) is 7.51. The molecule has 1 aliphatic rings. The monoisotopic (exact) mass is 328 g/mol. The lowest BCUT2D eigenvalue weighted by Crippen LogP contribution is -2.32. The summed E-state index contributed by atoms with van der Waals surface area (Å²) in [5, 5.41) is 18.5. The first kappa shape index (κ1) is 14.8. The summed E-state index contributed by atoms with van der Waals surface area (Å²) in [5.41, 5.74) is 2.08. The van der Waals surface area contributed by atoms with Crippen LogP contribution in [0.5, 0.6) is 0 Å². The van der Waals surface area contributed by atoms with Crippen molar-refractivity contribution in [2.45, 2.75) is 13.0 Å². The standard InChI is InChI=1S/C14H21BrN2O2/c15-13-2-3-14(12(10-13)11-19)17-5-1-4-16(6-7-17)8-9-18/h2-3,10,18-19H,1,4-9,11H2. The third-order valence-electron chi connectivity index (χ3n) is 3.56. The minimum atomic E-state index is 0.0611. The van der Waals surface area contributed by atoms with E-state index < -0.39 is 0 Å². The minimum absolute atomic E-state index is 0.0611. The van der Waals surface area contributed by atoms with Crippen LogP contribution < -0.4 is 4.90 Å². The molecule has 19 heavy (non-hydrogen) atoms. The Morgan fingerprint density at radius 2 is 1.95 bits per heavy atom. The number of aliphatic hydroxyl groups is 2. The quantitative estimate of drug-likeness (QED) is 0.878. The van der Waals surface area contributed by atoms with Crippen LogP contribution >= 0.6 is 15.9 Å². The fourth-order valence-electron chi connectivity index (χ4n) is 2.57. The third-order valence-corrected chi connectivity index (χ3v) is 4.05. The number of nitrogens with zero attached hydrogens (tertiary/aromatic N) is 2. The summed E-state index contributed by atoms with van der Waals surface area (Å²) in [7, 11) is 0.